The number of hydrogen-bond donors (Lipinski definition) is 3. The number of aryl methyl sites for hydroxylation is 2. The van der Waals surface area contributed by atoms with Crippen molar-refractivity contribution >= 4 is 17.7 Å². The maximum Gasteiger partial charge on any atom is 0.326 e. The third kappa shape index (κ3) is 9.73. The lowest BCUT2D eigenvalue weighted by Gasteiger charge is -2.24. The molecule has 224 valence electrons. The molecule has 1 amide bonds. The van der Waals surface area contributed by atoms with Crippen LogP contribution in [0, 0.1) is 0 Å². The Labute approximate surface area is 247 Å². The molecule has 2 aromatic heterocycles. The van der Waals surface area contributed by atoms with E-state index in [4.69, 9.17) is 14.5 Å². The summed E-state index contributed by atoms with van der Waals surface area (Å²) in [6.45, 7) is 3.38. The molecule has 0 spiro atoms. The molecule has 0 radical (unpaired) electrons. The number of fused-ring (bicyclic) bond motifs is 1. The fourth-order valence-electron chi connectivity index (χ4n) is 5.00. The number of carboxylic acids is 1. The second-order valence-electron chi connectivity index (χ2n) is 10.4. The van der Waals surface area contributed by atoms with Gasteiger partial charge in [-0.2, -0.15) is 0 Å². The van der Waals surface area contributed by atoms with Gasteiger partial charge in [0.25, 0.3) is 0 Å². The van der Waals surface area contributed by atoms with Gasteiger partial charge in [0.15, 0.2) is 0 Å². The zero-order valence-electron chi connectivity index (χ0n) is 24.3. The predicted molar refractivity (Wildman–Crippen MR) is 161 cm³/mol. The molecule has 1 aliphatic heterocycles. The van der Waals surface area contributed by atoms with Crippen LogP contribution in [0.25, 0.3) is 0 Å². The number of nitrogens with one attached hydrogen (secondary N) is 2. The fraction of sp³-hybridized carbons (Fsp3) is 0.438. The average molecular weight is 576 g/mol. The van der Waals surface area contributed by atoms with Crippen LogP contribution in [0.5, 0.6) is 11.5 Å². The zero-order valence-corrected chi connectivity index (χ0v) is 24.3. The number of anilines is 1. The molecule has 3 heterocycles. The highest BCUT2D eigenvalue weighted by Crippen LogP contribution is 2.20. The Morgan fingerprint density at radius 1 is 1.07 bits per heavy atom. The summed E-state index contributed by atoms with van der Waals surface area (Å²) in [7, 11) is 1.51. The van der Waals surface area contributed by atoms with E-state index in [0.717, 1.165) is 62.5 Å². The first-order valence-corrected chi connectivity index (χ1v) is 14.6. The van der Waals surface area contributed by atoms with Gasteiger partial charge in [-0.25, -0.2) is 9.78 Å². The van der Waals surface area contributed by atoms with Crippen molar-refractivity contribution in [3.8, 4) is 11.5 Å². The van der Waals surface area contributed by atoms with Crippen molar-refractivity contribution in [2.45, 2.75) is 51.0 Å². The molecule has 3 N–H and O–H groups in total. The summed E-state index contributed by atoms with van der Waals surface area (Å²) >= 11 is 0. The smallest absolute Gasteiger partial charge is 0.326 e. The molecule has 3 aromatic rings. The molecule has 42 heavy (non-hydrogen) atoms. The van der Waals surface area contributed by atoms with E-state index in [1.165, 1.54) is 12.7 Å². The number of para-hydroxylation sites is 1. The van der Waals surface area contributed by atoms with Gasteiger partial charge in [0, 0.05) is 31.5 Å². The van der Waals surface area contributed by atoms with Crippen molar-refractivity contribution in [1.29, 1.82) is 0 Å². The second kappa shape index (κ2) is 16.3. The van der Waals surface area contributed by atoms with Crippen LogP contribution in [0.1, 0.15) is 42.6 Å². The SMILES string of the molecule is COc1cccnc1CC(=O)NC(CCN(CCCCc1ccc2c(n1)NCCC2)CCOc1ccccc1)C(=O)O. The number of unbranched alkanes of at least 4 members (excludes halogenated alkanes) is 1. The van der Waals surface area contributed by atoms with Gasteiger partial charge >= 0.3 is 5.97 Å². The maximum absolute atomic E-state index is 12.7. The largest absolute Gasteiger partial charge is 0.495 e. The minimum Gasteiger partial charge on any atom is -0.495 e. The molecular formula is C32H41N5O5. The Kier molecular flexibility index (Phi) is 11.9. The first-order chi connectivity index (χ1) is 20.5. The molecule has 0 fully saturated rings. The summed E-state index contributed by atoms with van der Waals surface area (Å²) in [5.74, 6) is 0.826. The summed E-state index contributed by atoms with van der Waals surface area (Å²) in [6, 6.07) is 16.4. The quantitative estimate of drug-likeness (QED) is 0.206. The number of benzene rings is 1. The molecule has 1 aromatic carbocycles. The number of methoxy groups -OCH3 is 1. The number of nitrogens with zero attached hydrogens (tertiary/aromatic N) is 3. The topological polar surface area (TPSA) is 126 Å². The monoisotopic (exact) mass is 575 g/mol. The van der Waals surface area contributed by atoms with E-state index in [2.05, 4.69) is 32.7 Å². The van der Waals surface area contributed by atoms with Crippen LogP contribution >= 0.6 is 0 Å². The Morgan fingerprint density at radius 3 is 2.74 bits per heavy atom. The van der Waals surface area contributed by atoms with E-state index in [9.17, 15) is 14.7 Å². The minimum atomic E-state index is -1.07. The molecule has 0 aliphatic carbocycles. The highest BCUT2D eigenvalue weighted by molar-refractivity contribution is 5.84. The Morgan fingerprint density at radius 2 is 1.93 bits per heavy atom. The molecular weight excluding hydrogens is 534 g/mol. The number of aliphatic carboxylic acids is 1. The number of rotatable bonds is 17. The lowest BCUT2D eigenvalue weighted by molar-refractivity contribution is -0.142. The van der Waals surface area contributed by atoms with Crippen molar-refractivity contribution in [3.05, 3.63) is 77.7 Å². The first-order valence-electron chi connectivity index (χ1n) is 14.6. The van der Waals surface area contributed by atoms with Crippen molar-refractivity contribution in [3.63, 3.8) is 0 Å². The summed E-state index contributed by atoms with van der Waals surface area (Å²) in [6.07, 6.45) is 6.78. The van der Waals surface area contributed by atoms with E-state index in [1.807, 2.05) is 30.3 Å². The molecule has 1 unspecified atom stereocenters. The number of carbonyl (C=O) groups is 2. The number of ether oxygens (including phenoxy) is 2. The Balaban J connectivity index is 1.29. The van der Waals surface area contributed by atoms with E-state index >= 15 is 0 Å². The predicted octanol–water partition coefficient (Wildman–Crippen LogP) is 3.75. The minimum absolute atomic E-state index is 0.0608. The van der Waals surface area contributed by atoms with Crippen LogP contribution in [0.4, 0.5) is 5.82 Å². The Hall–Kier alpha value is -4.18. The fourth-order valence-corrected chi connectivity index (χ4v) is 5.00. The third-order valence-corrected chi connectivity index (χ3v) is 7.29. The van der Waals surface area contributed by atoms with E-state index in [-0.39, 0.29) is 12.8 Å². The molecule has 0 bridgehead atoms. The number of hydrogen-bond acceptors (Lipinski definition) is 8. The van der Waals surface area contributed by atoms with Crippen LogP contribution in [0.2, 0.25) is 0 Å². The number of pyridine rings is 2. The number of carboxylic acid groups (broad SMARTS) is 1. The van der Waals surface area contributed by atoms with Gasteiger partial charge in [0.2, 0.25) is 5.91 Å². The standard InChI is InChI=1S/C32H41N5O5/c1-41-29-13-8-17-33-28(29)23-30(38)36-27(32(39)40)16-20-37(21-22-42-26-11-3-2-4-12-26)19-6-5-10-25-15-14-24-9-7-18-34-31(24)35-25/h2-4,8,11-15,17,27H,5-7,9-10,16,18-23H2,1H3,(H,34,35)(H,36,38)(H,39,40). The molecule has 0 saturated heterocycles. The van der Waals surface area contributed by atoms with Gasteiger partial charge in [-0.1, -0.05) is 24.3 Å². The van der Waals surface area contributed by atoms with Crippen LogP contribution in [-0.4, -0.2) is 77.8 Å². The molecule has 4 rings (SSSR count). The number of aromatic nitrogens is 2. The van der Waals surface area contributed by atoms with Crippen LogP contribution in [0.3, 0.4) is 0 Å². The highest BCUT2D eigenvalue weighted by atomic mass is 16.5. The summed E-state index contributed by atoms with van der Waals surface area (Å²) < 4.78 is 11.2. The second-order valence-corrected chi connectivity index (χ2v) is 10.4. The zero-order chi connectivity index (χ0) is 29.6. The number of carbonyl (C=O) groups excluding carboxylic acids is 1. The molecule has 1 atom stereocenters. The van der Waals surface area contributed by atoms with Crippen molar-refractivity contribution in [2.24, 2.45) is 0 Å². The molecule has 1 aliphatic rings. The first kappa shape index (κ1) is 30.8. The normalized spacial score (nSPS) is 13.1. The van der Waals surface area contributed by atoms with E-state index in [1.54, 1.807) is 18.3 Å². The van der Waals surface area contributed by atoms with Crippen molar-refractivity contribution in [2.75, 3.05) is 45.2 Å². The average Bonchev–Trinajstić information content (AvgIpc) is 3.01. The summed E-state index contributed by atoms with van der Waals surface area (Å²) in [5.41, 5.74) is 2.83. The van der Waals surface area contributed by atoms with E-state index < -0.39 is 17.9 Å². The van der Waals surface area contributed by atoms with Crippen molar-refractivity contribution in [1.82, 2.24) is 20.2 Å². The summed E-state index contributed by atoms with van der Waals surface area (Å²) in [5, 5.41) is 15.9. The van der Waals surface area contributed by atoms with Crippen LogP contribution in [-0.2, 0) is 28.9 Å². The number of amides is 1. The Bertz CT molecular complexity index is 1290. The van der Waals surface area contributed by atoms with Gasteiger partial charge in [0.05, 0.1) is 19.2 Å². The lowest BCUT2D eigenvalue weighted by atomic mass is 10.1. The van der Waals surface area contributed by atoms with Crippen molar-refractivity contribution < 1.29 is 24.2 Å². The van der Waals surface area contributed by atoms with Gasteiger partial charge in [-0.05, 0) is 81.0 Å². The van der Waals surface area contributed by atoms with Gasteiger partial charge in [-0.15, -0.1) is 0 Å². The van der Waals surface area contributed by atoms with Crippen LogP contribution < -0.4 is 20.1 Å². The third-order valence-electron chi connectivity index (χ3n) is 7.29. The summed E-state index contributed by atoms with van der Waals surface area (Å²) in [4.78, 5) is 35.9. The highest BCUT2D eigenvalue weighted by Gasteiger charge is 2.22. The van der Waals surface area contributed by atoms with E-state index in [0.29, 0.717) is 31.1 Å². The van der Waals surface area contributed by atoms with Gasteiger partial charge in [-0.3, -0.25) is 14.7 Å². The molecule has 0 saturated carbocycles. The molecule has 10 heteroatoms. The van der Waals surface area contributed by atoms with Gasteiger partial charge < -0.3 is 25.2 Å². The van der Waals surface area contributed by atoms with Crippen LogP contribution in [0.15, 0.2) is 60.8 Å². The maximum atomic E-state index is 12.7. The lowest BCUT2D eigenvalue weighted by Crippen LogP contribution is -2.44. The molecule has 10 nitrogen and oxygen atoms in total. The van der Waals surface area contributed by atoms with Gasteiger partial charge in [0.1, 0.15) is 30.0 Å².